The number of hydrogen-bond acceptors (Lipinski definition) is 5. The molecule has 0 spiro atoms. The van der Waals surface area contributed by atoms with Gasteiger partial charge in [-0.2, -0.15) is 0 Å². The van der Waals surface area contributed by atoms with Crippen molar-refractivity contribution < 1.29 is 23.8 Å². The third kappa shape index (κ3) is 5.26. The van der Waals surface area contributed by atoms with Crippen LogP contribution in [0.1, 0.15) is 40.1 Å². The maximum Gasteiger partial charge on any atom is 0.251 e. The molecule has 0 saturated carbocycles. The maximum atomic E-state index is 12.7. The molecular weight excluding hydrogens is 420 g/mol. The molecule has 33 heavy (non-hydrogen) atoms. The van der Waals surface area contributed by atoms with Crippen molar-refractivity contribution >= 4 is 11.8 Å². The second-order valence-electron chi connectivity index (χ2n) is 8.44. The van der Waals surface area contributed by atoms with Crippen LogP contribution in [-0.2, 0) is 5.41 Å². The maximum absolute atomic E-state index is 12.7. The van der Waals surface area contributed by atoms with Crippen molar-refractivity contribution in [1.82, 2.24) is 5.32 Å². The number of hydrogen-bond donors (Lipinski definition) is 2. The normalized spacial score (nSPS) is 12.7. The van der Waals surface area contributed by atoms with Gasteiger partial charge in [0.1, 0.15) is 24.7 Å². The lowest BCUT2D eigenvalue weighted by Crippen LogP contribution is -2.36. The monoisotopic (exact) mass is 446 g/mol. The molecule has 0 unspecified atom stereocenters. The molecule has 1 heterocycles. The average molecular weight is 447 g/mol. The largest absolute Gasteiger partial charge is 0.486 e. The van der Waals surface area contributed by atoms with E-state index in [2.05, 4.69) is 19.2 Å². The van der Waals surface area contributed by atoms with Gasteiger partial charge in [0.25, 0.3) is 5.91 Å². The minimum atomic E-state index is -0.492. The predicted octanol–water partition coefficient (Wildman–Crippen LogP) is 4.06. The first-order valence-electron chi connectivity index (χ1n) is 10.7. The zero-order valence-corrected chi connectivity index (χ0v) is 18.6. The van der Waals surface area contributed by atoms with E-state index in [9.17, 15) is 9.59 Å². The highest BCUT2D eigenvalue weighted by Crippen LogP contribution is 2.35. The van der Waals surface area contributed by atoms with E-state index in [1.807, 2.05) is 18.2 Å². The summed E-state index contributed by atoms with van der Waals surface area (Å²) in [6.45, 7) is 5.68. The molecule has 1 aliphatic heterocycles. The Morgan fingerprint density at radius 2 is 1.45 bits per heavy atom. The molecule has 4 rings (SSSR count). The van der Waals surface area contributed by atoms with Crippen molar-refractivity contribution in [2.24, 2.45) is 5.73 Å². The number of nitrogens with one attached hydrogen (secondary N) is 1. The zero-order chi connectivity index (χ0) is 23.4. The summed E-state index contributed by atoms with van der Waals surface area (Å²) in [7, 11) is 0. The van der Waals surface area contributed by atoms with Gasteiger partial charge in [-0.05, 0) is 66.2 Å². The number of primary amides is 1. The van der Waals surface area contributed by atoms with Crippen molar-refractivity contribution in [3.8, 4) is 23.0 Å². The molecular formula is C26H26N2O5. The Kier molecular flexibility index (Phi) is 6.22. The number of benzene rings is 3. The Labute approximate surface area is 192 Å². The molecule has 1 aliphatic rings. The molecule has 0 aliphatic carbocycles. The average Bonchev–Trinajstić information content (AvgIpc) is 2.83. The van der Waals surface area contributed by atoms with Crippen LogP contribution in [0.15, 0.2) is 66.7 Å². The molecule has 0 atom stereocenters. The van der Waals surface area contributed by atoms with E-state index in [0.29, 0.717) is 42.4 Å². The van der Waals surface area contributed by atoms with Gasteiger partial charge in [0.15, 0.2) is 11.5 Å². The van der Waals surface area contributed by atoms with Crippen LogP contribution in [0.4, 0.5) is 0 Å². The molecule has 170 valence electrons. The summed E-state index contributed by atoms with van der Waals surface area (Å²) in [5, 5.41) is 3.01. The zero-order valence-electron chi connectivity index (χ0n) is 18.6. The fourth-order valence-electron chi connectivity index (χ4n) is 3.47. The van der Waals surface area contributed by atoms with Crippen LogP contribution < -0.4 is 25.3 Å². The molecule has 0 radical (unpaired) electrons. The molecule has 7 nitrogen and oxygen atoms in total. The van der Waals surface area contributed by atoms with Gasteiger partial charge < -0.3 is 25.3 Å². The lowest BCUT2D eigenvalue weighted by atomic mass is 9.84. The Morgan fingerprint density at radius 1 is 0.879 bits per heavy atom. The summed E-state index contributed by atoms with van der Waals surface area (Å²) < 4.78 is 17.0. The van der Waals surface area contributed by atoms with Gasteiger partial charge in [0.05, 0.1) is 0 Å². The molecule has 0 saturated heterocycles. The number of carbonyl (C=O) groups is 2. The van der Waals surface area contributed by atoms with Crippen molar-refractivity contribution in [1.29, 1.82) is 0 Å². The number of rotatable bonds is 7. The molecule has 3 aromatic carbocycles. The minimum absolute atomic E-state index is 0.169. The molecule has 0 fully saturated rings. The van der Waals surface area contributed by atoms with Gasteiger partial charge >= 0.3 is 0 Å². The lowest BCUT2D eigenvalue weighted by Gasteiger charge is -2.28. The number of ether oxygens (including phenoxy) is 3. The highest BCUT2D eigenvalue weighted by Gasteiger charge is 2.24. The SMILES string of the molecule is CC(C)(CNC(=O)c1ccc(Oc2ccc(C(N)=O)cc2)cc1)c1ccc2c(c1)OCCO2. The Morgan fingerprint density at radius 3 is 2.06 bits per heavy atom. The number of nitrogens with two attached hydrogens (primary N) is 1. The summed E-state index contributed by atoms with van der Waals surface area (Å²) in [5.41, 5.74) is 6.94. The second kappa shape index (κ2) is 9.24. The van der Waals surface area contributed by atoms with E-state index in [4.69, 9.17) is 19.9 Å². The first-order chi connectivity index (χ1) is 15.8. The summed E-state index contributed by atoms with van der Waals surface area (Å²) in [4.78, 5) is 23.8. The van der Waals surface area contributed by atoms with E-state index in [0.717, 1.165) is 17.1 Å². The quantitative estimate of drug-likeness (QED) is 0.570. The van der Waals surface area contributed by atoms with Crippen LogP contribution >= 0.6 is 0 Å². The highest BCUT2D eigenvalue weighted by atomic mass is 16.6. The van der Waals surface area contributed by atoms with E-state index in [-0.39, 0.29) is 11.3 Å². The standard InChI is InChI=1S/C26H26N2O5/c1-26(2,19-7-12-22-23(15-19)32-14-13-31-22)16-28-25(30)18-5-10-21(11-6-18)33-20-8-3-17(4-9-20)24(27)29/h3-12,15H,13-14,16H2,1-2H3,(H2,27,29)(H,28,30). The summed E-state index contributed by atoms with van der Waals surface area (Å²) in [6.07, 6.45) is 0. The summed E-state index contributed by atoms with van der Waals surface area (Å²) in [6, 6.07) is 19.3. The summed E-state index contributed by atoms with van der Waals surface area (Å²) in [5.74, 6) is 1.97. The molecule has 2 amide bonds. The number of carbonyl (C=O) groups excluding carboxylic acids is 2. The predicted molar refractivity (Wildman–Crippen MR) is 124 cm³/mol. The van der Waals surface area contributed by atoms with Gasteiger partial charge in [-0.15, -0.1) is 0 Å². The van der Waals surface area contributed by atoms with Crippen molar-refractivity contribution in [2.45, 2.75) is 19.3 Å². The van der Waals surface area contributed by atoms with E-state index >= 15 is 0 Å². The van der Waals surface area contributed by atoms with Crippen molar-refractivity contribution in [3.63, 3.8) is 0 Å². The van der Waals surface area contributed by atoms with Crippen molar-refractivity contribution in [2.75, 3.05) is 19.8 Å². The fraction of sp³-hybridized carbons (Fsp3) is 0.231. The van der Waals surface area contributed by atoms with Crippen LogP contribution in [0.3, 0.4) is 0 Å². The Bertz CT molecular complexity index is 1150. The highest BCUT2D eigenvalue weighted by molar-refractivity contribution is 5.94. The van der Waals surface area contributed by atoms with E-state index in [1.54, 1.807) is 48.5 Å². The molecule has 3 N–H and O–H groups in total. The van der Waals surface area contributed by atoms with E-state index in [1.165, 1.54) is 0 Å². The first-order valence-corrected chi connectivity index (χ1v) is 10.7. The molecule has 0 bridgehead atoms. The molecule has 7 heteroatoms. The smallest absolute Gasteiger partial charge is 0.251 e. The number of fused-ring (bicyclic) bond motifs is 1. The van der Waals surface area contributed by atoms with Gasteiger partial charge in [-0.1, -0.05) is 19.9 Å². The van der Waals surface area contributed by atoms with Crippen LogP contribution in [0, 0.1) is 0 Å². The van der Waals surface area contributed by atoms with Gasteiger partial charge in [-0.25, -0.2) is 0 Å². The van der Waals surface area contributed by atoms with Crippen molar-refractivity contribution in [3.05, 3.63) is 83.4 Å². The van der Waals surface area contributed by atoms with Gasteiger partial charge in [0.2, 0.25) is 5.91 Å². The topological polar surface area (TPSA) is 99.9 Å². The minimum Gasteiger partial charge on any atom is -0.486 e. The summed E-state index contributed by atoms with van der Waals surface area (Å²) >= 11 is 0. The van der Waals surface area contributed by atoms with Gasteiger partial charge in [0, 0.05) is 23.1 Å². The fourth-order valence-corrected chi connectivity index (χ4v) is 3.47. The lowest BCUT2D eigenvalue weighted by molar-refractivity contribution is 0.0944. The van der Waals surface area contributed by atoms with Crippen LogP contribution in [0.25, 0.3) is 0 Å². The Balaban J connectivity index is 1.36. The van der Waals surface area contributed by atoms with Crippen LogP contribution in [-0.4, -0.2) is 31.6 Å². The third-order valence-corrected chi connectivity index (χ3v) is 5.51. The van der Waals surface area contributed by atoms with Crippen LogP contribution in [0.5, 0.6) is 23.0 Å². The molecule has 3 aromatic rings. The molecule has 0 aromatic heterocycles. The third-order valence-electron chi connectivity index (χ3n) is 5.51. The number of amides is 2. The van der Waals surface area contributed by atoms with E-state index < -0.39 is 5.91 Å². The van der Waals surface area contributed by atoms with Crippen LogP contribution in [0.2, 0.25) is 0 Å². The van der Waals surface area contributed by atoms with Gasteiger partial charge in [-0.3, -0.25) is 9.59 Å². The second-order valence-corrected chi connectivity index (χ2v) is 8.44. The first kappa shape index (κ1) is 22.2. The Hall–Kier alpha value is -4.00.